The van der Waals surface area contributed by atoms with Crippen molar-refractivity contribution in [2.45, 2.75) is 32.0 Å². The van der Waals surface area contributed by atoms with E-state index < -0.39 is 0 Å². The molecule has 2 atom stereocenters. The predicted molar refractivity (Wildman–Crippen MR) is 144 cm³/mol. The fraction of sp³-hybridized carbons (Fsp3) is 0.480. The van der Waals surface area contributed by atoms with E-state index in [1.807, 2.05) is 12.1 Å². The lowest BCUT2D eigenvalue weighted by atomic mass is 10.1. The number of rotatable bonds is 9. The summed E-state index contributed by atoms with van der Waals surface area (Å²) in [7, 11) is 7.63. The van der Waals surface area contributed by atoms with Crippen LogP contribution in [0.5, 0.6) is 11.5 Å². The van der Waals surface area contributed by atoms with Crippen LogP contribution in [0.15, 0.2) is 47.5 Å². The number of aryl methyl sites for hydroxylation is 1. The highest BCUT2D eigenvalue weighted by atomic mass is 127. The standard InChI is InChI=1S/C25H36N4O3.HI/c1-18-6-7-20(24(14-18)32-22-12-13-31-17-22)15-27-25(26-2)28-16-23(29(3)4)19-8-10-21(30-5)11-9-19;/h6-11,14,22-23H,12-13,15-17H2,1-5H3,(H2,26,27,28);1H. The number of aliphatic imine (C=N–C) groups is 1. The monoisotopic (exact) mass is 568 g/mol. The molecule has 33 heavy (non-hydrogen) atoms. The number of methoxy groups -OCH3 is 1. The Labute approximate surface area is 214 Å². The summed E-state index contributed by atoms with van der Waals surface area (Å²) in [5, 5.41) is 6.88. The fourth-order valence-corrected chi connectivity index (χ4v) is 3.72. The van der Waals surface area contributed by atoms with Crippen molar-refractivity contribution in [3.63, 3.8) is 0 Å². The molecule has 2 aromatic carbocycles. The highest BCUT2D eigenvalue weighted by Gasteiger charge is 2.19. The van der Waals surface area contributed by atoms with Crippen LogP contribution in [0.3, 0.4) is 0 Å². The van der Waals surface area contributed by atoms with Crippen LogP contribution >= 0.6 is 24.0 Å². The number of hydrogen-bond donors (Lipinski definition) is 2. The maximum Gasteiger partial charge on any atom is 0.191 e. The summed E-state index contributed by atoms with van der Waals surface area (Å²) in [6, 6.07) is 14.7. The Hall–Kier alpha value is -2.04. The summed E-state index contributed by atoms with van der Waals surface area (Å²) in [4.78, 5) is 6.59. The number of benzene rings is 2. The van der Waals surface area contributed by atoms with E-state index in [2.05, 4.69) is 71.9 Å². The summed E-state index contributed by atoms with van der Waals surface area (Å²) in [5.41, 5.74) is 3.50. The molecule has 1 heterocycles. The molecule has 2 aromatic rings. The number of hydrogen-bond acceptors (Lipinski definition) is 5. The zero-order chi connectivity index (χ0) is 22.9. The molecule has 1 fully saturated rings. The van der Waals surface area contributed by atoms with Crippen LogP contribution in [0.1, 0.15) is 29.2 Å². The Kier molecular flexibility index (Phi) is 11.2. The molecule has 8 heteroatoms. The van der Waals surface area contributed by atoms with Gasteiger partial charge in [0.15, 0.2) is 5.96 Å². The number of guanidine groups is 1. The van der Waals surface area contributed by atoms with Crippen LogP contribution in [0.4, 0.5) is 0 Å². The highest BCUT2D eigenvalue weighted by molar-refractivity contribution is 14.0. The van der Waals surface area contributed by atoms with Gasteiger partial charge in [-0.2, -0.15) is 0 Å². The van der Waals surface area contributed by atoms with Gasteiger partial charge in [-0.1, -0.05) is 24.3 Å². The number of ether oxygens (including phenoxy) is 3. The van der Waals surface area contributed by atoms with Gasteiger partial charge in [0.05, 0.1) is 26.4 Å². The van der Waals surface area contributed by atoms with E-state index in [1.54, 1.807) is 14.2 Å². The molecule has 1 aliphatic rings. The molecule has 0 aromatic heterocycles. The molecule has 1 aliphatic heterocycles. The molecule has 1 saturated heterocycles. The van der Waals surface area contributed by atoms with Crippen LogP contribution in [0.2, 0.25) is 0 Å². The summed E-state index contributed by atoms with van der Waals surface area (Å²) in [5.74, 6) is 2.52. The molecule has 0 radical (unpaired) electrons. The first-order valence-electron chi connectivity index (χ1n) is 11.1. The Morgan fingerprint density at radius 3 is 2.55 bits per heavy atom. The van der Waals surface area contributed by atoms with Gasteiger partial charge in [0.2, 0.25) is 0 Å². The molecule has 7 nitrogen and oxygen atoms in total. The molecule has 0 aliphatic carbocycles. The van der Waals surface area contributed by atoms with E-state index in [0.717, 1.165) is 42.6 Å². The Bertz CT molecular complexity index is 884. The highest BCUT2D eigenvalue weighted by Crippen LogP contribution is 2.24. The van der Waals surface area contributed by atoms with E-state index in [0.29, 0.717) is 13.2 Å². The third-order valence-electron chi connectivity index (χ3n) is 5.66. The van der Waals surface area contributed by atoms with Gasteiger partial charge in [-0.05, 0) is 50.3 Å². The SMILES string of the molecule is CN=C(NCc1ccc(C)cc1OC1CCOC1)NCC(c1ccc(OC)cc1)N(C)C.I. The molecule has 0 bridgehead atoms. The summed E-state index contributed by atoms with van der Waals surface area (Å²) in [6.07, 6.45) is 1.06. The molecular weight excluding hydrogens is 531 g/mol. The lowest BCUT2D eigenvalue weighted by Crippen LogP contribution is -2.41. The normalized spacial score (nSPS) is 16.8. The smallest absolute Gasteiger partial charge is 0.191 e. The summed E-state index contributed by atoms with van der Waals surface area (Å²) >= 11 is 0. The van der Waals surface area contributed by atoms with Crippen molar-refractivity contribution in [3.05, 3.63) is 59.2 Å². The average molecular weight is 569 g/mol. The van der Waals surface area contributed by atoms with Gasteiger partial charge in [0, 0.05) is 32.1 Å². The number of halogens is 1. The zero-order valence-corrected chi connectivity index (χ0v) is 22.6. The Morgan fingerprint density at radius 2 is 1.94 bits per heavy atom. The maximum absolute atomic E-state index is 6.22. The average Bonchev–Trinajstić information content (AvgIpc) is 3.30. The van der Waals surface area contributed by atoms with Gasteiger partial charge in [-0.15, -0.1) is 24.0 Å². The molecule has 3 rings (SSSR count). The van der Waals surface area contributed by atoms with Crippen molar-refractivity contribution in [1.82, 2.24) is 15.5 Å². The maximum atomic E-state index is 6.22. The van der Waals surface area contributed by atoms with Gasteiger partial charge >= 0.3 is 0 Å². The van der Waals surface area contributed by atoms with Gasteiger partial charge in [-0.25, -0.2) is 0 Å². The molecule has 182 valence electrons. The number of nitrogens with one attached hydrogen (secondary N) is 2. The van der Waals surface area contributed by atoms with Gasteiger partial charge in [0.25, 0.3) is 0 Å². The first-order valence-corrected chi connectivity index (χ1v) is 11.1. The second-order valence-corrected chi connectivity index (χ2v) is 8.27. The van der Waals surface area contributed by atoms with Crippen LogP contribution in [0.25, 0.3) is 0 Å². The van der Waals surface area contributed by atoms with Crippen molar-refractivity contribution >= 4 is 29.9 Å². The third kappa shape index (κ3) is 8.04. The predicted octanol–water partition coefficient (Wildman–Crippen LogP) is 3.76. The van der Waals surface area contributed by atoms with Crippen LogP contribution in [-0.2, 0) is 11.3 Å². The van der Waals surface area contributed by atoms with E-state index in [9.17, 15) is 0 Å². The largest absolute Gasteiger partial charge is 0.497 e. The van der Waals surface area contributed by atoms with Crippen molar-refractivity contribution in [2.24, 2.45) is 4.99 Å². The minimum Gasteiger partial charge on any atom is -0.497 e. The molecular formula is C25H37IN4O3. The first kappa shape index (κ1) is 27.2. The number of nitrogens with zero attached hydrogens (tertiary/aromatic N) is 2. The summed E-state index contributed by atoms with van der Waals surface area (Å²) in [6.45, 7) is 4.84. The molecule has 2 N–H and O–H groups in total. The van der Waals surface area contributed by atoms with Gasteiger partial charge in [-0.3, -0.25) is 4.99 Å². The molecule has 0 amide bonds. The zero-order valence-electron chi connectivity index (χ0n) is 20.3. The van der Waals surface area contributed by atoms with Crippen molar-refractivity contribution in [2.75, 3.05) is 48.0 Å². The Balaban J connectivity index is 0.00000385. The third-order valence-corrected chi connectivity index (χ3v) is 5.66. The lowest BCUT2D eigenvalue weighted by Gasteiger charge is -2.26. The van der Waals surface area contributed by atoms with E-state index >= 15 is 0 Å². The molecule has 0 saturated carbocycles. The van der Waals surface area contributed by atoms with Gasteiger partial charge in [0.1, 0.15) is 17.6 Å². The number of likely N-dealkylation sites (N-methyl/N-ethyl adjacent to an activating group) is 1. The van der Waals surface area contributed by atoms with Crippen molar-refractivity contribution in [3.8, 4) is 11.5 Å². The van der Waals surface area contributed by atoms with Crippen LogP contribution in [-0.4, -0.2) is 65.0 Å². The van der Waals surface area contributed by atoms with Gasteiger partial charge < -0.3 is 29.7 Å². The van der Waals surface area contributed by atoms with E-state index in [1.165, 1.54) is 11.1 Å². The van der Waals surface area contributed by atoms with Crippen molar-refractivity contribution in [1.29, 1.82) is 0 Å². The molecule has 0 spiro atoms. The second-order valence-electron chi connectivity index (χ2n) is 8.27. The minimum atomic E-state index is 0. The lowest BCUT2D eigenvalue weighted by molar-refractivity contribution is 0.140. The van der Waals surface area contributed by atoms with E-state index in [4.69, 9.17) is 14.2 Å². The molecule has 2 unspecified atom stereocenters. The van der Waals surface area contributed by atoms with Crippen molar-refractivity contribution < 1.29 is 14.2 Å². The quantitative estimate of drug-likeness (QED) is 0.273. The minimum absolute atomic E-state index is 0. The van der Waals surface area contributed by atoms with Crippen LogP contribution in [0, 0.1) is 6.92 Å². The fourth-order valence-electron chi connectivity index (χ4n) is 3.72. The topological polar surface area (TPSA) is 67.4 Å². The van der Waals surface area contributed by atoms with Crippen LogP contribution < -0.4 is 20.1 Å². The first-order chi connectivity index (χ1) is 15.5. The Morgan fingerprint density at radius 1 is 1.18 bits per heavy atom. The van der Waals surface area contributed by atoms with E-state index in [-0.39, 0.29) is 36.1 Å². The second kappa shape index (κ2) is 13.6. The summed E-state index contributed by atoms with van der Waals surface area (Å²) < 4.78 is 17.0.